The van der Waals surface area contributed by atoms with Crippen LogP contribution >= 0.6 is 0 Å². The second-order valence-electron chi connectivity index (χ2n) is 4.35. The lowest BCUT2D eigenvalue weighted by Gasteiger charge is -2.15. The molecule has 0 aliphatic carbocycles. The number of hydrogen-bond acceptors (Lipinski definition) is 4. The number of likely N-dealkylation sites (N-methyl/N-ethyl adjacent to an activating group) is 1. The third kappa shape index (κ3) is 4.95. The third-order valence-corrected chi connectivity index (χ3v) is 2.93. The van der Waals surface area contributed by atoms with Crippen LogP contribution in [0.25, 0.3) is 6.08 Å². The molecule has 0 unspecified atom stereocenters. The number of carbonyl (C=O) groups excluding carboxylic acids is 2. The molecule has 21 heavy (non-hydrogen) atoms. The molecule has 1 aromatic rings. The minimum absolute atomic E-state index is 0.0389. The van der Waals surface area contributed by atoms with Crippen molar-refractivity contribution in [3.05, 3.63) is 29.8 Å². The Morgan fingerprint density at radius 2 is 1.86 bits per heavy atom. The molecule has 0 radical (unpaired) electrons. The van der Waals surface area contributed by atoms with Crippen LogP contribution in [-0.2, 0) is 9.59 Å². The molecule has 0 aromatic heterocycles. The maximum Gasteiger partial charge on any atom is 0.308 e. The van der Waals surface area contributed by atoms with Gasteiger partial charge in [0.2, 0.25) is 5.91 Å². The number of esters is 1. The van der Waals surface area contributed by atoms with Crippen molar-refractivity contribution in [3.8, 4) is 11.5 Å². The first-order valence-corrected chi connectivity index (χ1v) is 6.85. The Labute approximate surface area is 125 Å². The molecule has 0 N–H and O–H groups in total. The molecule has 5 heteroatoms. The largest absolute Gasteiger partial charge is 0.493 e. The molecule has 0 saturated heterocycles. The van der Waals surface area contributed by atoms with Crippen molar-refractivity contribution < 1.29 is 19.1 Å². The Hall–Kier alpha value is -2.30. The summed E-state index contributed by atoms with van der Waals surface area (Å²) in [5, 5.41) is 0. The van der Waals surface area contributed by atoms with Gasteiger partial charge in [-0.15, -0.1) is 0 Å². The predicted octanol–water partition coefficient (Wildman–Crippen LogP) is 2.50. The Morgan fingerprint density at radius 1 is 1.19 bits per heavy atom. The van der Waals surface area contributed by atoms with E-state index < -0.39 is 5.97 Å². The fourth-order valence-corrected chi connectivity index (χ4v) is 1.84. The molecule has 114 valence electrons. The Balaban J connectivity index is 2.90. The first-order chi connectivity index (χ1) is 10.0. The summed E-state index contributed by atoms with van der Waals surface area (Å²) in [5.41, 5.74) is 0.795. The van der Waals surface area contributed by atoms with Crippen LogP contribution < -0.4 is 9.47 Å². The second-order valence-corrected chi connectivity index (χ2v) is 4.35. The zero-order valence-electron chi connectivity index (χ0n) is 12.9. The van der Waals surface area contributed by atoms with Gasteiger partial charge < -0.3 is 14.4 Å². The van der Waals surface area contributed by atoms with Crippen LogP contribution in [0.5, 0.6) is 11.5 Å². The SMILES string of the molecule is CCN(CC)C(=O)/C=C/c1ccc(OC(C)=O)c(OC)c1. The van der Waals surface area contributed by atoms with Gasteiger partial charge in [-0.3, -0.25) is 9.59 Å². The topological polar surface area (TPSA) is 55.8 Å². The lowest BCUT2D eigenvalue weighted by molar-refractivity contribution is -0.132. The summed E-state index contributed by atoms with van der Waals surface area (Å²) in [6.45, 7) is 6.55. The third-order valence-electron chi connectivity index (χ3n) is 2.93. The van der Waals surface area contributed by atoms with E-state index in [0.717, 1.165) is 5.56 Å². The molecule has 0 aliphatic rings. The fourth-order valence-electron chi connectivity index (χ4n) is 1.84. The number of carbonyl (C=O) groups is 2. The van der Waals surface area contributed by atoms with Crippen LogP contribution in [0.15, 0.2) is 24.3 Å². The molecule has 0 bridgehead atoms. The van der Waals surface area contributed by atoms with Crippen LogP contribution in [0.3, 0.4) is 0 Å². The molecule has 1 aromatic carbocycles. The first-order valence-electron chi connectivity index (χ1n) is 6.85. The van der Waals surface area contributed by atoms with E-state index in [-0.39, 0.29) is 5.91 Å². The second kappa shape index (κ2) is 8.09. The molecule has 0 aliphatic heterocycles. The highest BCUT2D eigenvalue weighted by molar-refractivity contribution is 5.91. The molecule has 1 rings (SSSR count). The summed E-state index contributed by atoms with van der Waals surface area (Å²) in [6.07, 6.45) is 3.23. The predicted molar refractivity (Wildman–Crippen MR) is 81.3 cm³/mol. The smallest absolute Gasteiger partial charge is 0.308 e. The zero-order valence-corrected chi connectivity index (χ0v) is 12.9. The summed E-state index contributed by atoms with van der Waals surface area (Å²) in [6, 6.07) is 5.11. The monoisotopic (exact) mass is 291 g/mol. The van der Waals surface area contributed by atoms with Gasteiger partial charge in [0, 0.05) is 26.1 Å². The molecule has 5 nitrogen and oxygen atoms in total. The maximum atomic E-state index is 11.9. The van der Waals surface area contributed by atoms with Gasteiger partial charge in [-0.25, -0.2) is 0 Å². The van der Waals surface area contributed by atoms with Gasteiger partial charge >= 0.3 is 5.97 Å². The van der Waals surface area contributed by atoms with E-state index in [9.17, 15) is 9.59 Å². The van der Waals surface area contributed by atoms with Gasteiger partial charge in [-0.2, -0.15) is 0 Å². The standard InChI is InChI=1S/C16H21NO4/c1-5-17(6-2)16(19)10-8-13-7-9-14(21-12(3)18)15(11-13)20-4/h7-11H,5-6H2,1-4H3/b10-8+. The van der Waals surface area contributed by atoms with E-state index in [1.807, 2.05) is 13.8 Å². The van der Waals surface area contributed by atoms with Crippen molar-refractivity contribution in [3.63, 3.8) is 0 Å². The average molecular weight is 291 g/mol. The molecular formula is C16H21NO4. The van der Waals surface area contributed by atoms with Crippen LogP contribution in [-0.4, -0.2) is 37.0 Å². The molecule has 0 heterocycles. The number of rotatable bonds is 6. The average Bonchev–Trinajstić information content (AvgIpc) is 2.46. The summed E-state index contributed by atoms with van der Waals surface area (Å²) < 4.78 is 10.2. The van der Waals surface area contributed by atoms with Gasteiger partial charge in [0.1, 0.15) is 0 Å². The lowest BCUT2D eigenvalue weighted by atomic mass is 10.2. The highest BCUT2D eigenvalue weighted by Crippen LogP contribution is 2.28. The van der Waals surface area contributed by atoms with E-state index in [1.54, 1.807) is 29.2 Å². The summed E-state index contributed by atoms with van der Waals surface area (Å²) in [7, 11) is 1.50. The van der Waals surface area contributed by atoms with Gasteiger partial charge in [0.15, 0.2) is 11.5 Å². The minimum Gasteiger partial charge on any atom is -0.493 e. The van der Waals surface area contributed by atoms with Crippen molar-refractivity contribution >= 4 is 18.0 Å². The van der Waals surface area contributed by atoms with Gasteiger partial charge in [-0.1, -0.05) is 6.07 Å². The van der Waals surface area contributed by atoms with Crippen molar-refractivity contribution in [2.75, 3.05) is 20.2 Å². The lowest BCUT2D eigenvalue weighted by Crippen LogP contribution is -2.28. The molecule has 0 atom stereocenters. The quantitative estimate of drug-likeness (QED) is 0.459. The highest BCUT2D eigenvalue weighted by Gasteiger charge is 2.08. The number of nitrogens with zero attached hydrogens (tertiary/aromatic N) is 1. The maximum absolute atomic E-state index is 11.9. The van der Waals surface area contributed by atoms with Crippen molar-refractivity contribution in [2.45, 2.75) is 20.8 Å². The van der Waals surface area contributed by atoms with E-state index in [2.05, 4.69) is 0 Å². The van der Waals surface area contributed by atoms with E-state index in [4.69, 9.17) is 9.47 Å². The van der Waals surface area contributed by atoms with Gasteiger partial charge in [0.25, 0.3) is 0 Å². The van der Waals surface area contributed by atoms with Crippen molar-refractivity contribution in [2.24, 2.45) is 0 Å². The highest BCUT2D eigenvalue weighted by atomic mass is 16.6. The Bertz CT molecular complexity index is 533. The summed E-state index contributed by atoms with van der Waals surface area (Å²) >= 11 is 0. The normalized spacial score (nSPS) is 10.5. The number of ether oxygens (including phenoxy) is 2. The summed E-state index contributed by atoms with van der Waals surface area (Å²) in [5.74, 6) is 0.358. The van der Waals surface area contributed by atoms with E-state index in [0.29, 0.717) is 24.6 Å². The van der Waals surface area contributed by atoms with Crippen LogP contribution in [0, 0.1) is 0 Å². The number of methoxy groups -OCH3 is 1. The summed E-state index contributed by atoms with van der Waals surface area (Å²) in [4.78, 5) is 24.6. The molecule has 0 spiro atoms. The number of hydrogen-bond donors (Lipinski definition) is 0. The van der Waals surface area contributed by atoms with Crippen LogP contribution in [0.1, 0.15) is 26.3 Å². The van der Waals surface area contributed by atoms with Gasteiger partial charge in [-0.05, 0) is 37.6 Å². The van der Waals surface area contributed by atoms with Crippen LogP contribution in [0.4, 0.5) is 0 Å². The molecular weight excluding hydrogens is 270 g/mol. The molecule has 0 fully saturated rings. The Kier molecular flexibility index (Phi) is 6.46. The molecule has 0 saturated carbocycles. The van der Waals surface area contributed by atoms with Crippen molar-refractivity contribution in [1.29, 1.82) is 0 Å². The van der Waals surface area contributed by atoms with Crippen molar-refractivity contribution in [1.82, 2.24) is 4.90 Å². The Morgan fingerprint density at radius 3 is 2.38 bits per heavy atom. The first kappa shape index (κ1) is 16.8. The number of benzene rings is 1. The minimum atomic E-state index is -0.409. The van der Waals surface area contributed by atoms with Crippen LogP contribution in [0.2, 0.25) is 0 Å². The van der Waals surface area contributed by atoms with E-state index >= 15 is 0 Å². The van der Waals surface area contributed by atoms with E-state index in [1.165, 1.54) is 20.1 Å². The number of amides is 1. The fraction of sp³-hybridized carbons (Fsp3) is 0.375. The van der Waals surface area contributed by atoms with Gasteiger partial charge in [0.05, 0.1) is 7.11 Å². The zero-order chi connectivity index (χ0) is 15.8. The molecule has 1 amide bonds.